The SMILES string of the molecule is O=C(O)C1CCN(C(=O)OCc2cc(Cl)ccc2Cl)CC1. The Balaban J connectivity index is 1.85. The first kappa shape index (κ1) is 15.9. The number of carboxylic acids is 1. The zero-order valence-electron chi connectivity index (χ0n) is 11.2. The molecule has 0 radical (unpaired) electrons. The van der Waals surface area contributed by atoms with Gasteiger partial charge in [0.2, 0.25) is 0 Å². The number of hydrogen-bond donors (Lipinski definition) is 1. The highest BCUT2D eigenvalue weighted by Crippen LogP contribution is 2.22. The molecule has 0 spiro atoms. The van der Waals surface area contributed by atoms with Crippen LogP contribution >= 0.6 is 23.2 Å². The van der Waals surface area contributed by atoms with Gasteiger partial charge in [-0.25, -0.2) is 4.79 Å². The molecule has 1 heterocycles. The Labute approximate surface area is 132 Å². The van der Waals surface area contributed by atoms with Gasteiger partial charge < -0.3 is 14.7 Å². The average molecular weight is 332 g/mol. The van der Waals surface area contributed by atoms with Crippen LogP contribution in [0.25, 0.3) is 0 Å². The Kier molecular flexibility index (Phi) is 5.31. The van der Waals surface area contributed by atoms with Crippen LogP contribution in [0.5, 0.6) is 0 Å². The fourth-order valence-corrected chi connectivity index (χ4v) is 2.56. The monoisotopic (exact) mass is 331 g/mol. The van der Waals surface area contributed by atoms with Crippen LogP contribution in [0.1, 0.15) is 18.4 Å². The lowest BCUT2D eigenvalue weighted by molar-refractivity contribution is -0.143. The molecule has 1 amide bonds. The number of carbonyl (C=O) groups is 2. The highest BCUT2D eigenvalue weighted by atomic mass is 35.5. The molecule has 1 aromatic carbocycles. The van der Waals surface area contributed by atoms with Gasteiger partial charge >= 0.3 is 12.1 Å². The minimum atomic E-state index is -0.811. The molecule has 21 heavy (non-hydrogen) atoms. The van der Waals surface area contributed by atoms with E-state index in [-0.39, 0.29) is 12.5 Å². The minimum absolute atomic E-state index is 0.0388. The van der Waals surface area contributed by atoms with Gasteiger partial charge in [0.1, 0.15) is 6.61 Å². The van der Waals surface area contributed by atoms with Gasteiger partial charge in [-0.3, -0.25) is 4.79 Å². The number of ether oxygens (including phenoxy) is 1. The average Bonchev–Trinajstić information content (AvgIpc) is 2.48. The molecule has 1 fully saturated rings. The molecule has 1 saturated heterocycles. The largest absolute Gasteiger partial charge is 0.481 e. The number of piperidine rings is 1. The van der Waals surface area contributed by atoms with Crippen LogP contribution in [0.15, 0.2) is 18.2 Å². The van der Waals surface area contributed by atoms with Crippen LogP contribution in [-0.4, -0.2) is 35.2 Å². The Morgan fingerprint density at radius 3 is 2.57 bits per heavy atom. The maximum Gasteiger partial charge on any atom is 0.410 e. The van der Waals surface area contributed by atoms with Gasteiger partial charge in [-0.05, 0) is 31.0 Å². The van der Waals surface area contributed by atoms with Crippen molar-refractivity contribution in [3.05, 3.63) is 33.8 Å². The third kappa shape index (κ3) is 4.25. The van der Waals surface area contributed by atoms with Crippen LogP contribution in [0.4, 0.5) is 4.79 Å². The zero-order valence-corrected chi connectivity index (χ0v) is 12.7. The van der Waals surface area contributed by atoms with E-state index in [1.54, 1.807) is 18.2 Å². The summed E-state index contributed by atoms with van der Waals surface area (Å²) in [6, 6.07) is 4.95. The topological polar surface area (TPSA) is 66.8 Å². The lowest BCUT2D eigenvalue weighted by Crippen LogP contribution is -2.40. The molecule has 2 rings (SSSR count). The van der Waals surface area contributed by atoms with E-state index >= 15 is 0 Å². The number of carboxylic acid groups (broad SMARTS) is 1. The highest BCUT2D eigenvalue weighted by Gasteiger charge is 2.27. The van der Waals surface area contributed by atoms with Crippen molar-refractivity contribution in [2.45, 2.75) is 19.4 Å². The summed E-state index contributed by atoms with van der Waals surface area (Å²) in [7, 11) is 0. The molecule has 5 nitrogen and oxygen atoms in total. The molecule has 0 unspecified atom stereocenters. The second kappa shape index (κ2) is 7.00. The molecule has 0 saturated carbocycles. The molecule has 0 bridgehead atoms. The molecular formula is C14H15Cl2NO4. The third-order valence-electron chi connectivity index (χ3n) is 3.46. The summed E-state index contributed by atoms with van der Waals surface area (Å²) >= 11 is 11.9. The Bertz CT molecular complexity index is 542. The first-order valence-corrected chi connectivity index (χ1v) is 7.31. The summed E-state index contributed by atoms with van der Waals surface area (Å²) in [5.41, 5.74) is 0.637. The van der Waals surface area contributed by atoms with E-state index in [1.807, 2.05) is 0 Å². The standard InChI is InChI=1S/C14H15Cl2NO4/c15-11-1-2-12(16)10(7-11)8-21-14(20)17-5-3-9(4-6-17)13(18)19/h1-2,7,9H,3-6,8H2,(H,18,19). The molecule has 1 aromatic rings. The van der Waals surface area contributed by atoms with Crippen LogP contribution < -0.4 is 0 Å². The van der Waals surface area contributed by atoms with E-state index in [0.717, 1.165) is 0 Å². The van der Waals surface area contributed by atoms with Gasteiger partial charge in [-0.1, -0.05) is 23.2 Å². The summed E-state index contributed by atoms with van der Waals surface area (Å²) in [4.78, 5) is 24.3. The first-order valence-electron chi connectivity index (χ1n) is 6.56. The Morgan fingerprint density at radius 2 is 1.95 bits per heavy atom. The number of amides is 1. The first-order chi connectivity index (χ1) is 9.97. The highest BCUT2D eigenvalue weighted by molar-refractivity contribution is 6.33. The number of rotatable bonds is 3. The predicted molar refractivity (Wildman–Crippen MR) is 78.6 cm³/mol. The summed E-state index contributed by atoms with van der Waals surface area (Å²) in [5.74, 6) is -1.19. The number of halogens is 2. The smallest absolute Gasteiger partial charge is 0.410 e. The van der Waals surface area contributed by atoms with E-state index in [1.165, 1.54) is 4.90 Å². The molecule has 1 N–H and O–H groups in total. The van der Waals surface area contributed by atoms with Crippen LogP contribution in [0.2, 0.25) is 10.0 Å². The van der Waals surface area contributed by atoms with Crippen molar-refractivity contribution in [3.8, 4) is 0 Å². The van der Waals surface area contributed by atoms with E-state index in [0.29, 0.717) is 41.5 Å². The molecule has 0 aromatic heterocycles. The molecule has 0 aliphatic carbocycles. The van der Waals surface area contributed by atoms with E-state index in [2.05, 4.69) is 0 Å². The number of hydrogen-bond acceptors (Lipinski definition) is 3. The quantitative estimate of drug-likeness (QED) is 0.921. The van der Waals surface area contributed by atoms with Crippen molar-refractivity contribution in [2.24, 2.45) is 5.92 Å². The molecular weight excluding hydrogens is 317 g/mol. The lowest BCUT2D eigenvalue weighted by atomic mass is 9.97. The maximum absolute atomic E-state index is 11.9. The van der Waals surface area contributed by atoms with Crippen molar-refractivity contribution in [1.29, 1.82) is 0 Å². The van der Waals surface area contributed by atoms with Gasteiger partial charge in [0.15, 0.2) is 0 Å². The molecule has 1 aliphatic rings. The lowest BCUT2D eigenvalue weighted by Gasteiger charge is -2.29. The van der Waals surface area contributed by atoms with Crippen LogP contribution in [0.3, 0.4) is 0 Å². The van der Waals surface area contributed by atoms with Gasteiger partial charge in [0, 0.05) is 28.7 Å². The predicted octanol–water partition coefficient (Wildman–Crippen LogP) is 3.43. The second-order valence-corrected chi connectivity index (χ2v) is 5.73. The van der Waals surface area contributed by atoms with Gasteiger partial charge in [-0.15, -0.1) is 0 Å². The third-order valence-corrected chi connectivity index (χ3v) is 4.07. The van der Waals surface area contributed by atoms with Gasteiger partial charge in [0.25, 0.3) is 0 Å². The van der Waals surface area contributed by atoms with Gasteiger partial charge in [0.05, 0.1) is 5.92 Å². The van der Waals surface area contributed by atoms with E-state index in [4.69, 9.17) is 33.0 Å². The normalized spacial score (nSPS) is 15.8. The summed E-state index contributed by atoms with van der Waals surface area (Å²) in [5, 5.41) is 9.91. The van der Waals surface area contributed by atoms with E-state index in [9.17, 15) is 9.59 Å². The summed E-state index contributed by atoms with van der Waals surface area (Å²) < 4.78 is 5.20. The maximum atomic E-state index is 11.9. The zero-order chi connectivity index (χ0) is 15.4. The molecule has 7 heteroatoms. The van der Waals surface area contributed by atoms with Crippen molar-refractivity contribution < 1.29 is 19.4 Å². The van der Waals surface area contributed by atoms with E-state index < -0.39 is 12.1 Å². The van der Waals surface area contributed by atoms with Crippen LogP contribution in [-0.2, 0) is 16.1 Å². The second-order valence-electron chi connectivity index (χ2n) is 4.89. The molecule has 0 atom stereocenters. The number of aliphatic carboxylic acids is 1. The fourth-order valence-electron chi connectivity index (χ4n) is 2.19. The number of likely N-dealkylation sites (tertiary alicyclic amines) is 1. The molecule has 1 aliphatic heterocycles. The van der Waals surface area contributed by atoms with Crippen molar-refractivity contribution in [2.75, 3.05) is 13.1 Å². The Hall–Kier alpha value is -1.46. The number of benzene rings is 1. The summed E-state index contributed by atoms with van der Waals surface area (Å²) in [6.07, 6.45) is 0.430. The van der Waals surface area contributed by atoms with Crippen molar-refractivity contribution >= 4 is 35.3 Å². The van der Waals surface area contributed by atoms with Crippen molar-refractivity contribution in [3.63, 3.8) is 0 Å². The van der Waals surface area contributed by atoms with Crippen LogP contribution in [0, 0.1) is 5.92 Å². The van der Waals surface area contributed by atoms with Crippen molar-refractivity contribution in [1.82, 2.24) is 4.90 Å². The van der Waals surface area contributed by atoms with Gasteiger partial charge in [-0.2, -0.15) is 0 Å². The number of carbonyl (C=O) groups excluding carboxylic acids is 1. The minimum Gasteiger partial charge on any atom is -0.481 e. The number of nitrogens with zero attached hydrogens (tertiary/aromatic N) is 1. The fraction of sp³-hybridized carbons (Fsp3) is 0.429. The summed E-state index contributed by atoms with van der Waals surface area (Å²) in [6.45, 7) is 0.815. The molecule has 114 valence electrons. The Morgan fingerprint density at radius 1 is 1.29 bits per heavy atom.